The highest BCUT2D eigenvalue weighted by Gasteiger charge is 2.32. The van der Waals surface area contributed by atoms with Crippen molar-refractivity contribution in [2.75, 3.05) is 38.2 Å². The Hall–Kier alpha value is -2.79. The van der Waals surface area contributed by atoms with Crippen LogP contribution in [0.4, 0.5) is 5.69 Å². The van der Waals surface area contributed by atoms with Crippen LogP contribution in [0.3, 0.4) is 0 Å². The second-order valence-electron chi connectivity index (χ2n) is 7.87. The number of carbonyl (C=O) groups excluding carboxylic acids is 2. The number of fused-ring (bicyclic) bond motifs is 1. The number of ether oxygens (including phenoxy) is 2. The maximum atomic E-state index is 12.6. The van der Waals surface area contributed by atoms with Crippen molar-refractivity contribution in [1.29, 1.82) is 5.26 Å². The SMILES string of the molecule is CCN(CC(=O)Nc1ccc2c(c1)OCCO2)CC(=O)NC1(C#N)CCCCCC1. The highest BCUT2D eigenvalue weighted by atomic mass is 16.6. The molecule has 1 aliphatic heterocycles. The lowest BCUT2D eigenvalue weighted by molar-refractivity contribution is -0.124. The zero-order chi connectivity index (χ0) is 21.4. The summed E-state index contributed by atoms with van der Waals surface area (Å²) in [5.74, 6) is 0.838. The minimum atomic E-state index is -0.777. The Labute approximate surface area is 177 Å². The summed E-state index contributed by atoms with van der Waals surface area (Å²) in [6, 6.07) is 7.59. The third kappa shape index (κ3) is 5.86. The fraction of sp³-hybridized carbons (Fsp3) is 0.591. The highest BCUT2D eigenvalue weighted by Crippen LogP contribution is 2.32. The molecular weight excluding hydrogens is 384 g/mol. The molecule has 30 heavy (non-hydrogen) atoms. The molecule has 1 saturated carbocycles. The van der Waals surface area contributed by atoms with Crippen LogP contribution >= 0.6 is 0 Å². The molecular formula is C22H30N4O4. The summed E-state index contributed by atoms with van der Waals surface area (Å²) in [6.07, 6.45) is 5.46. The maximum absolute atomic E-state index is 12.6. The Kier molecular flexibility index (Phi) is 7.52. The van der Waals surface area contributed by atoms with E-state index in [9.17, 15) is 14.9 Å². The Morgan fingerprint density at radius 2 is 1.73 bits per heavy atom. The van der Waals surface area contributed by atoms with E-state index in [0.717, 1.165) is 25.7 Å². The average molecular weight is 415 g/mol. The van der Waals surface area contributed by atoms with Crippen LogP contribution in [0.1, 0.15) is 45.4 Å². The average Bonchev–Trinajstić information content (AvgIpc) is 2.99. The van der Waals surface area contributed by atoms with E-state index in [0.29, 0.717) is 49.8 Å². The van der Waals surface area contributed by atoms with Gasteiger partial charge in [0.15, 0.2) is 11.5 Å². The zero-order valence-corrected chi connectivity index (χ0v) is 17.5. The predicted molar refractivity (Wildman–Crippen MR) is 112 cm³/mol. The van der Waals surface area contributed by atoms with Crippen molar-refractivity contribution in [2.24, 2.45) is 0 Å². The van der Waals surface area contributed by atoms with Crippen molar-refractivity contribution in [3.8, 4) is 17.6 Å². The van der Waals surface area contributed by atoms with Crippen molar-refractivity contribution >= 4 is 17.5 Å². The van der Waals surface area contributed by atoms with Gasteiger partial charge in [0.2, 0.25) is 11.8 Å². The standard InChI is InChI=1S/C22H30N4O4/c1-2-26(15-21(28)25-22(16-23)9-5-3-4-6-10-22)14-20(27)24-17-7-8-18-19(13-17)30-12-11-29-18/h7-8,13H,2-6,9-12,14-15H2,1H3,(H,24,27)(H,25,28). The van der Waals surface area contributed by atoms with Gasteiger partial charge in [-0.15, -0.1) is 0 Å². The van der Waals surface area contributed by atoms with Crippen LogP contribution in [0.5, 0.6) is 11.5 Å². The van der Waals surface area contributed by atoms with E-state index in [-0.39, 0.29) is 24.9 Å². The van der Waals surface area contributed by atoms with Crippen molar-refractivity contribution < 1.29 is 19.1 Å². The minimum Gasteiger partial charge on any atom is -0.486 e. The van der Waals surface area contributed by atoms with Gasteiger partial charge in [0, 0.05) is 11.8 Å². The summed E-state index contributed by atoms with van der Waals surface area (Å²) in [4.78, 5) is 26.8. The number of hydrogen-bond donors (Lipinski definition) is 2. The van der Waals surface area contributed by atoms with Crippen LogP contribution in [0.25, 0.3) is 0 Å². The highest BCUT2D eigenvalue weighted by molar-refractivity contribution is 5.93. The lowest BCUT2D eigenvalue weighted by Gasteiger charge is -2.28. The Morgan fingerprint density at radius 3 is 2.40 bits per heavy atom. The van der Waals surface area contributed by atoms with Gasteiger partial charge >= 0.3 is 0 Å². The lowest BCUT2D eigenvalue weighted by Crippen LogP contribution is -2.51. The first-order valence-electron chi connectivity index (χ1n) is 10.7. The van der Waals surface area contributed by atoms with E-state index in [1.165, 1.54) is 0 Å². The summed E-state index contributed by atoms with van der Waals surface area (Å²) < 4.78 is 11.0. The maximum Gasteiger partial charge on any atom is 0.238 e. The van der Waals surface area contributed by atoms with Crippen LogP contribution in [-0.2, 0) is 9.59 Å². The third-order valence-electron chi connectivity index (χ3n) is 5.56. The zero-order valence-electron chi connectivity index (χ0n) is 17.5. The number of benzene rings is 1. The van der Waals surface area contributed by atoms with E-state index in [4.69, 9.17) is 9.47 Å². The second-order valence-corrected chi connectivity index (χ2v) is 7.87. The normalized spacial score (nSPS) is 17.5. The smallest absolute Gasteiger partial charge is 0.238 e. The molecule has 1 aliphatic carbocycles. The molecule has 1 heterocycles. The number of nitrogens with one attached hydrogen (secondary N) is 2. The van der Waals surface area contributed by atoms with Crippen LogP contribution in [0, 0.1) is 11.3 Å². The molecule has 1 aromatic carbocycles. The number of nitrogens with zero attached hydrogens (tertiary/aromatic N) is 2. The van der Waals surface area contributed by atoms with Crippen LogP contribution < -0.4 is 20.1 Å². The number of carbonyl (C=O) groups is 2. The molecule has 0 spiro atoms. The number of nitriles is 1. The lowest BCUT2D eigenvalue weighted by atomic mass is 9.92. The van der Waals surface area contributed by atoms with Crippen molar-refractivity contribution in [1.82, 2.24) is 10.2 Å². The molecule has 0 bridgehead atoms. The second kappa shape index (κ2) is 10.3. The third-order valence-corrected chi connectivity index (χ3v) is 5.56. The molecule has 0 saturated heterocycles. The van der Waals surface area contributed by atoms with Gasteiger partial charge in [0.1, 0.15) is 18.8 Å². The molecule has 8 heteroatoms. The first-order chi connectivity index (χ1) is 14.5. The number of rotatable bonds is 7. The number of anilines is 1. The van der Waals surface area contributed by atoms with Crippen molar-refractivity contribution in [3.05, 3.63) is 18.2 Å². The van der Waals surface area contributed by atoms with Gasteiger partial charge < -0.3 is 20.1 Å². The van der Waals surface area contributed by atoms with Gasteiger partial charge in [0.25, 0.3) is 0 Å². The van der Waals surface area contributed by atoms with E-state index in [2.05, 4.69) is 16.7 Å². The Bertz CT molecular complexity index is 797. The molecule has 162 valence electrons. The number of hydrogen-bond acceptors (Lipinski definition) is 6. The van der Waals surface area contributed by atoms with E-state index >= 15 is 0 Å². The fourth-order valence-electron chi connectivity index (χ4n) is 3.91. The summed E-state index contributed by atoms with van der Waals surface area (Å²) in [5.41, 5.74) is -0.160. The van der Waals surface area contributed by atoms with Gasteiger partial charge in [-0.1, -0.05) is 32.6 Å². The first-order valence-corrected chi connectivity index (χ1v) is 10.7. The molecule has 0 unspecified atom stereocenters. The molecule has 8 nitrogen and oxygen atoms in total. The first kappa shape index (κ1) is 21.9. The number of amides is 2. The Balaban J connectivity index is 1.52. The largest absolute Gasteiger partial charge is 0.486 e. The summed E-state index contributed by atoms with van der Waals surface area (Å²) in [7, 11) is 0. The van der Waals surface area contributed by atoms with Gasteiger partial charge in [-0.2, -0.15) is 5.26 Å². The molecule has 2 aliphatic rings. The number of likely N-dealkylation sites (N-methyl/N-ethyl adjacent to an activating group) is 1. The van der Waals surface area contributed by atoms with Gasteiger partial charge in [-0.25, -0.2) is 0 Å². The van der Waals surface area contributed by atoms with Crippen molar-refractivity contribution in [3.63, 3.8) is 0 Å². The van der Waals surface area contributed by atoms with E-state index in [1.54, 1.807) is 23.1 Å². The molecule has 1 fully saturated rings. The molecule has 2 N–H and O–H groups in total. The van der Waals surface area contributed by atoms with Crippen LogP contribution in [0.2, 0.25) is 0 Å². The van der Waals surface area contributed by atoms with Crippen LogP contribution in [0.15, 0.2) is 18.2 Å². The monoisotopic (exact) mass is 414 g/mol. The molecule has 0 atom stereocenters. The van der Waals surface area contributed by atoms with E-state index < -0.39 is 5.54 Å². The molecule has 3 rings (SSSR count). The minimum absolute atomic E-state index is 0.0779. The van der Waals surface area contributed by atoms with Gasteiger partial charge in [0.05, 0.1) is 19.2 Å². The molecule has 0 aromatic heterocycles. The van der Waals surface area contributed by atoms with Gasteiger partial charge in [-0.3, -0.25) is 14.5 Å². The van der Waals surface area contributed by atoms with E-state index in [1.807, 2.05) is 6.92 Å². The van der Waals surface area contributed by atoms with Gasteiger partial charge in [-0.05, 0) is 31.5 Å². The fourth-order valence-corrected chi connectivity index (χ4v) is 3.91. The Morgan fingerprint density at radius 1 is 1.07 bits per heavy atom. The molecule has 1 aromatic rings. The quantitative estimate of drug-likeness (QED) is 0.664. The predicted octanol–water partition coefficient (Wildman–Crippen LogP) is 2.45. The van der Waals surface area contributed by atoms with Crippen molar-refractivity contribution in [2.45, 2.75) is 51.0 Å². The summed E-state index contributed by atoms with van der Waals surface area (Å²) in [5, 5.41) is 15.4. The molecule has 0 radical (unpaired) electrons. The van der Waals surface area contributed by atoms with Crippen LogP contribution in [-0.4, -0.2) is 55.1 Å². The topological polar surface area (TPSA) is 104 Å². The summed E-state index contributed by atoms with van der Waals surface area (Å²) >= 11 is 0. The molecule has 2 amide bonds. The summed E-state index contributed by atoms with van der Waals surface area (Å²) in [6.45, 7) is 3.59.